The molecule has 0 bridgehead atoms. The maximum absolute atomic E-state index is 12.9. The fourth-order valence-electron chi connectivity index (χ4n) is 2.78. The molecule has 0 fully saturated rings. The van der Waals surface area contributed by atoms with Crippen molar-refractivity contribution >= 4 is 45.6 Å². The molecule has 2 aromatic carbocycles. The fourth-order valence-corrected chi connectivity index (χ4v) is 4.63. The Bertz CT molecular complexity index is 1130. The van der Waals surface area contributed by atoms with Crippen molar-refractivity contribution in [2.24, 2.45) is 0 Å². The summed E-state index contributed by atoms with van der Waals surface area (Å²) in [6.45, 7) is 5.78. The second-order valence-corrected chi connectivity index (χ2v) is 8.99. The van der Waals surface area contributed by atoms with Crippen LogP contribution in [-0.4, -0.2) is 17.6 Å². The van der Waals surface area contributed by atoms with Crippen molar-refractivity contribution in [3.05, 3.63) is 75.7 Å². The molecule has 1 aromatic heterocycles. The number of hydrogen-bond donors (Lipinski definition) is 2. The quantitative estimate of drug-likeness (QED) is 0.499. The van der Waals surface area contributed by atoms with E-state index in [4.69, 9.17) is 0 Å². The van der Waals surface area contributed by atoms with Gasteiger partial charge in [0.2, 0.25) is 5.91 Å². The predicted molar refractivity (Wildman–Crippen MR) is 123 cm³/mol. The second-order valence-electron chi connectivity index (χ2n) is 6.75. The summed E-state index contributed by atoms with van der Waals surface area (Å²) in [5, 5.41) is 15.7. The third kappa shape index (κ3) is 5.09. The van der Waals surface area contributed by atoms with E-state index in [0.717, 1.165) is 21.7 Å². The van der Waals surface area contributed by atoms with Crippen molar-refractivity contribution in [1.29, 1.82) is 5.26 Å². The van der Waals surface area contributed by atoms with Crippen LogP contribution >= 0.6 is 23.1 Å². The number of thioether (sulfide) groups is 1. The van der Waals surface area contributed by atoms with Gasteiger partial charge >= 0.3 is 0 Å². The van der Waals surface area contributed by atoms with Crippen molar-refractivity contribution in [2.75, 3.05) is 16.4 Å². The second kappa shape index (κ2) is 9.61. The zero-order valence-electron chi connectivity index (χ0n) is 16.9. The van der Waals surface area contributed by atoms with Crippen molar-refractivity contribution < 1.29 is 9.59 Å². The minimum atomic E-state index is -0.296. The zero-order valence-corrected chi connectivity index (χ0v) is 18.5. The molecule has 0 unspecified atom stereocenters. The Morgan fingerprint density at radius 3 is 2.43 bits per heavy atom. The Hall–Kier alpha value is -3.08. The van der Waals surface area contributed by atoms with Gasteiger partial charge in [0.15, 0.2) is 0 Å². The van der Waals surface area contributed by atoms with Gasteiger partial charge in [-0.05, 0) is 50.6 Å². The largest absolute Gasteiger partial charge is 0.325 e. The number of rotatable bonds is 6. The first-order valence-electron chi connectivity index (χ1n) is 9.29. The summed E-state index contributed by atoms with van der Waals surface area (Å²) in [7, 11) is 0. The molecule has 30 heavy (non-hydrogen) atoms. The average molecular weight is 436 g/mol. The van der Waals surface area contributed by atoms with Crippen LogP contribution in [0.5, 0.6) is 0 Å². The summed E-state index contributed by atoms with van der Waals surface area (Å²) < 4.78 is 0. The van der Waals surface area contributed by atoms with E-state index in [1.54, 1.807) is 12.1 Å². The summed E-state index contributed by atoms with van der Waals surface area (Å²) in [4.78, 5) is 26.9. The molecule has 0 atom stereocenters. The SMILES string of the molecule is Cc1ccc(NC(=O)CSc2ccccc2C(=O)Nc2sc(C)c(C)c2C#N)cc1. The lowest BCUT2D eigenvalue weighted by atomic mass is 10.1. The Morgan fingerprint density at radius 2 is 1.73 bits per heavy atom. The Morgan fingerprint density at radius 1 is 1.03 bits per heavy atom. The Kier molecular flexibility index (Phi) is 6.93. The molecule has 7 heteroatoms. The van der Waals surface area contributed by atoms with Crippen LogP contribution in [0.3, 0.4) is 0 Å². The van der Waals surface area contributed by atoms with E-state index in [1.807, 2.05) is 57.2 Å². The van der Waals surface area contributed by atoms with Crippen LogP contribution in [0.1, 0.15) is 31.9 Å². The molecule has 0 aliphatic rings. The van der Waals surface area contributed by atoms with Crippen LogP contribution in [0.4, 0.5) is 10.7 Å². The number of nitriles is 1. The smallest absolute Gasteiger partial charge is 0.257 e. The molecule has 2 amide bonds. The molecule has 0 aliphatic heterocycles. The van der Waals surface area contributed by atoms with E-state index in [9.17, 15) is 14.9 Å². The highest BCUT2D eigenvalue weighted by molar-refractivity contribution is 8.00. The lowest BCUT2D eigenvalue weighted by Crippen LogP contribution is -2.15. The van der Waals surface area contributed by atoms with Gasteiger partial charge in [-0.25, -0.2) is 0 Å². The van der Waals surface area contributed by atoms with Crippen molar-refractivity contribution in [3.8, 4) is 6.07 Å². The van der Waals surface area contributed by atoms with Gasteiger partial charge in [-0.1, -0.05) is 29.8 Å². The van der Waals surface area contributed by atoms with Crippen LogP contribution < -0.4 is 10.6 Å². The number of nitrogens with one attached hydrogen (secondary N) is 2. The lowest BCUT2D eigenvalue weighted by Gasteiger charge is -2.10. The highest BCUT2D eigenvalue weighted by Gasteiger charge is 2.18. The molecule has 3 rings (SSSR count). The molecule has 2 N–H and O–H groups in total. The molecule has 1 heterocycles. The van der Waals surface area contributed by atoms with Gasteiger partial charge in [0.1, 0.15) is 11.1 Å². The fraction of sp³-hybridized carbons (Fsp3) is 0.174. The summed E-state index contributed by atoms with van der Waals surface area (Å²) in [6.07, 6.45) is 0. The van der Waals surface area contributed by atoms with E-state index in [-0.39, 0.29) is 17.6 Å². The molecular weight excluding hydrogens is 414 g/mol. The molecule has 3 aromatic rings. The number of anilines is 2. The number of thiophene rings is 1. The summed E-state index contributed by atoms with van der Waals surface area (Å²) in [5.74, 6) is -0.260. The van der Waals surface area contributed by atoms with Crippen molar-refractivity contribution in [1.82, 2.24) is 0 Å². The van der Waals surface area contributed by atoms with E-state index >= 15 is 0 Å². The third-order valence-electron chi connectivity index (χ3n) is 4.55. The number of amides is 2. The first kappa shape index (κ1) is 21.6. The highest BCUT2D eigenvalue weighted by atomic mass is 32.2. The molecule has 0 saturated heterocycles. The van der Waals surface area contributed by atoms with E-state index < -0.39 is 0 Å². The predicted octanol–water partition coefficient (Wildman–Crippen LogP) is 5.53. The minimum absolute atomic E-state index is 0.143. The van der Waals surface area contributed by atoms with Crippen molar-refractivity contribution in [3.63, 3.8) is 0 Å². The number of hydrogen-bond acceptors (Lipinski definition) is 5. The van der Waals surface area contributed by atoms with Crippen LogP contribution in [-0.2, 0) is 4.79 Å². The maximum Gasteiger partial charge on any atom is 0.257 e. The van der Waals surface area contributed by atoms with Gasteiger partial charge in [0, 0.05) is 15.5 Å². The van der Waals surface area contributed by atoms with Crippen LogP contribution in [0.25, 0.3) is 0 Å². The Labute approximate surface area is 184 Å². The number of benzene rings is 2. The normalized spacial score (nSPS) is 10.3. The topological polar surface area (TPSA) is 82.0 Å². The third-order valence-corrected chi connectivity index (χ3v) is 6.75. The average Bonchev–Trinajstić information content (AvgIpc) is 3.00. The monoisotopic (exact) mass is 435 g/mol. The number of nitrogens with zero attached hydrogens (tertiary/aromatic N) is 1. The first-order valence-corrected chi connectivity index (χ1v) is 11.1. The van der Waals surface area contributed by atoms with E-state index in [1.165, 1.54) is 23.1 Å². The van der Waals surface area contributed by atoms with Gasteiger partial charge < -0.3 is 10.6 Å². The van der Waals surface area contributed by atoms with Crippen LogP contribution in [0.2, 0.25) is 0 Å². The summed E-state index contributed by atoms with van der Waals surface area (Å²) in [5.41, 5.74) is 3.71. The molecule has 0 aliphatic carbocycles. The van der Waals surface area contributed by atoms with Gasteiger partial charge in [0.05, 0.1) is 16.9 Å². The van der Waals surface area contributed by atoms with E-state index in [2.05, 4.69) is 16.7 Å². The molecule has 0 radical (unpaired) electrons. The summed E-state index contributed by atoms with van der Waals surface area (Å²) >= 11 is 2.69. The number of carbonyl (C=O) groups excluding carboxylic acids is 2. The number of carbonyl (C=O) groups is 2. The van der Waals surface area contributed by atoms with Gasteiger partial charge in [-0.15, -0.1) is 23.1 Å². The first-order chi connectivity index (χ1) is 14.4. The zero-order chi connectivity index (χ0) is 21.7. The lowest BCUT2D eigenvalue weighted by molar-refractivity contribution is -0.113. The van der Waals surface area contributed by atoms with Gasteiger partial charge in [0.25, 0.3) is 5.91 Å². The standard InChI is InChI=1S/C23H21N3O2S2/c1-14-8-10-17(11-9-14)25-21(27)13-29-20-7-5-4-6-18(20)22(28)26-23-19(12-24)15(2)16(3)30-23/h4-11H,13H2,1-3H3,(H,25,27)(H,26,28). The Balaban J connectivity index is 1.69. The van der Waals surface area contributed by atoms with E-state index in [0.29, 0.717) is 21.0 Å². The molecule has 152 valence electrons. The van der Waals surface area contributed by atoms with Crippen LogP contribution in [0, 0.1) is 32.1 Å². The van der Waals surface area contributed by atoms with Crippen molar-refractivity contribution in [2.45, 2.75) is 25.7 Å². The van der Waals surface area contributed by atoms with Gasteiger partial charge in [-0.3, -0.25) is 9.59 Å². The molecule has 5 nitrogen and oxygen atoms in total. The number of aryl methyl sites for hydroxylation is 2. The molecule has 0 saturated carbocycles. The highest BCUT2D eigenvalue weighted by Crippen LogP contribution is 2.32. The minimum Gasteiger partial charge on any atom is -0.325 e. The summed E-state index contributed by atoms with van der Waals surface area (Å²) in [6, 6.07) is 16.9. The van der Waals surface area contributed by atoms with Crippen LogP contribution in [0.15, 0.2) is 53.4 Å². The molecular formula is C23H21N3O2S2. The maximum atomic E-state index is 12.9. The molecule has 0 spiro atoms. The van der Waals surface area contributed by atoms with Gasteiger partial charge in [-0.2, -0.15) is 5.26 Å².